The fourth-order valence-electron chi connectivity index (χ4n) is 5.16. The van der Waals surface area contributed by atoms with Gasteiger partial charge in [0, 0.05) is 20.0 Å². The highest BCUT2D eigenvalue weighted by atomic mass is 16.5. The lowest BCUT2D eigenvalue weighted by Gasteiger charge is -2.41. The molecule has 4 rings (SSSR count). The maximum Gasteiger partial charge on any atom is 0.324 e. The largest absolute Gasteiger partial charge is 0.497 e. The standard InChI is InChI=1S/C26H33N3O3/c1-18-8-9-19(2)21(14-18)17-29-12-10-22(11-13-29)26(24(30)28(3)25(31)27-26)16-20-6-5-7-23(15-20)32-4/h5-9,14-15,22H,10-13,16-17H2,1-4H3,(H,27,31). The van der Waals surface area contributed by atoms with Crippen molar-refractivity contribution in [3.05, 3.63) is 64.7 Å². The summed E-state index contributed by atoms with van der Waals surface area (Å²) in [6.45, 7) is 7.02. The van der Waals surface area contributed by atoms with Crippen LogP contribution in [-0.2, 0) is 17.8 Å². The minimum absolute atomic E-state index is 0.0879. The van der Waals surface area contributed by atoms with Crippen molar-refractivity contribution in [2.75, 3.05) is 27.2 Å². The molecule has 3 amide bonds. The van der Waals surface area contributed by atoms with E-state index >= 15 is 0 Å². The summed E-state index contributed by atoms with van der Waals surface area (Å²) in [7, 11) is 3.21. The van der Waals surface area contributed by atoms with Gasteiger partial charge in [0.15, 0.2) is 0 Å². The van der Waals surface area contributed by atoms with Crippen LogP contribution in [0.25, 0.3) is 0 Å². The quantitative estimate of drug-likeness (QED) is 0.703. The lowest BCUT2D eigenvalue weighted by atomic mass is 9.74. The Morgan fingerprint density at radius 2 is 1.84 bits per heavy atom. The Morgan fingerprint density at radius 1 is 1.09 bits per heavy atom. The summed E-state index contributed by atoms with van der Waals surface area (Å²) in [5, 5.41) is 3.08. The zero-order valence-electron chi connectivity index (χ0n) is 19.5. The van der Waals surface area contributed by atoms with E-state index in [0.717, 1.165) is 43.8 Å². The van der Waals surface area contributed by atoms with E-state index in [-0.39, 0.29) is 17.9 Å². The smallest absolute Gasteiger partial charge is 0.324 e. The Labute approximate surface area is 190 Å². The molecule has 0 radical (unpaired) electrons. The number of hydrogen-bond donors (Lipinski definition) is 1. The van der Waals surface area contributed by atoms with Crippen molar-refractivity contribution in [2.24, 2.45) is 5.92 Å². The number of urea groups is 1. The van der Waals surface area contributed by atoms with Crippen LogP contribution in [0.15, 0.2) is 42.5 Å². The number of imide groups is 1. The van der Waals surface area contributed by atoms with Crippen molar-refractivity contribution >= 4 is 11.9 Å². The van der Waals surface area contributed by atoms with Crippen LogP contribution in [0.1, 0.15) is 35.1 Å². The molecule has 1 atom stereocenters. The Kier molecular flexibility index (Phi) is 6.24. The molecule has 2 aliphatic heterocycles. The van der Waals surface area contributed by atoms with Crippen LogP contribution in [0.5, 0.6) is 5.75 Å². The fraction of sp³-hybridized carbons (Fsp3) is 0.462. The SMILES string of the molecule is COc1cccc(CC2(C3CCN(Cc4cc(C)ccc4C)CC3)NC(=O)N(C)C2=O)c1. The molecule has 1 unspecified atom stereocenters. The number of hydrogen-bond acceptors (Lipinski definition) is 4. The molecule has 6 heteroatoms. The maximum atomic E-state index is 13.3. The molecule has 1 N–H and O–H groups in total. The van der Waals surface area contributed by atoms with Gasteiger partial charge < -0.3 is 10.1 Å². The van der Waals surface area contributed by atoms with E-state index in [9.17, 15) is 9.59 Å². The molecule has 2 aliphatic rings. The van der Waals surface area contributed by atoms with Crippen molar-refractivity contribution in [3.63, 3.8) is 0 Å². The number of methoxy groups -OCH3 is 1. The highest BCUT2D eigenvalue weighted by Crippen LogP contribution is 2.37. The molecule has 6 nitrogen and oxygen atoms in total. The van der Waals surface area contributed by atoms with Crippen molar-refractivity contribution in [3.8, 4) is 5.75 Å². The summed E-state index contributed by atoms with van der Waals surface area (Å²) >= 11 is 0. The number of nitrogens with one attached hydrogen (secondary N) is 1. The van der Waals surface area contributed by atoms with Gasteiger partial charge in [0.2, 0.25) is 0 Å². The number of carbonyl (C=O) groups is 2. The third kappa shape index (κ3) is 4.24. The number of carbonyl (C=O) groups excluding carboxylic acids is 2. The van der Waals surface area contributed by atoms with Crippen LogP contribution in [-0.4, -0.2) is 54.5 Å². The molecule has 0 saturated carbocycles. The van der Waals surface area contributed by atoms with E-state index in [1.165, 1.54) is 21.6 Å². The molecule has 2 saturated heterocycles. The highest BCUT2D eigenvalue weighted by Gasteiger charge is 2.54. The molecule has 2 heterocycles. The first-order valence-electron chi connectivity index (χ1n) is 11.3. The van der Waals surface area contributed by atoms with Gasteiger partial charge in [-0.05, 0) is 74.5 Å². The van der Waals surface area contributed by atoms with Gasteiger partial charge in [-0.25, -0.2) is 4.79 Å². The van der Waals surface area contributed by atoms with E-state index in [1.54, 1.807) is 14.2 Å². The van der Waals surface area contributed by atoms with Crippen LogP contribution in [0.3, 0.4) is 0 Å². The van der Waals surface area contributed by atoms with Crippen molar-refractivity contribution in [1.29, 1.82) is 0 Å². The zero-order valence-corrected chi connectivity index (χ0v) is 19.5. The van der Waals surface area contributed by atoms with Crippen LogP contribution in [0, 0.1) is 19.8 Å². The van der Waals surface area contributed by atoms with Crippen LogP contribution in [0.4, 0.5) is 4.79 Å². The average molecular weight is 436 g/mol. The number of likely N-dealkylation sites (tertiary alicyclic amines) is 1. The van der Waals surface area contributed by atoms with E-state index in [1.807, 2.05) is 24.3 Å². The number of aryl methyl sites for hydroxylation is 2. The number of amides is 3. The summed E-state index contributed by atoms with van der Waals surface area (Å²) in [6.07, 6.45) is 2.21. The first-order chi connectivity index (χ1) is 15.3. The lowest BCUT2D eigenvalue weighted by molar-refractivity contribution is -0.133. The lowest BCUT2D eigenvalue weighted by Crippen LogP contribution is -2.57. The Balaban J connectivity index is 1.52. The molecule has 0 spiro atoms. The van der Waals surface area contributed by atoms with Gasteiger partial charge in [0.05, 0.1) is 7.11 Å². The monoisotopic (exact) mass is 435 g/mol. The van der Waals surface area contributed by atoms with E-state index in [2.05, 4.69) is 42.3 Å². The summed E-state index contributed by atoms with van der Waals surface area (Å²) in [4.78, 5) is 29.5. The summed E-state index contributed by atoms with van der Waals surface area (Å²) in [5.41, 5.74) is 4.04. The van der Waals surface area contributed by atoms with Crippen LogP contribution >= 0.6 is 0 Å². The molecule has 0 aliphatic carbocycles. The number of nitrogens with zero attached hydrogens (tertiary/aromatic N) is 2. The number of ether oxygens (including phenoxy) is 1. The number of benzene rings is 2. The minimum Gasteiger partial charge on any atom is -0.497 e. The molecule has 2 fully saturated rings. The number of piperidine rings is 1. The second-order valence-corrected chi connectivity index (χ2v) is 9.27. The highest BCUT2D eigenvalue weighted by molar-refractivity contribution is 6.07. The summed E-state index contributed by atoms with van der Waals surface area (Å²) < 4.78 is 5.37. The van der Waals surface area contributed by atoms with Crippen molar-refractivity contribution < 1.29 is 14.3 Å². The Bertz CT molecular complexity index is 1010. The topological polar surface area (TPSA) is 61.9 Å². The fourth-order valence-corrected chi connectivity index (χ4v) is 5.16. The molecule has 2 aromatic carbocycles. The summed E-state index contributed by atoms with van der Waals surface area (Å²) in [6, 6.07) is 14.1. The van der Waals surface area contributed by atoms with Gasteiger partial charge in [-0.1, -0.05) is 35.9 Å². The normalized spacial score (nSPS) is 22.3. The second-order valence-electron chi connectivity index (χ2n) is 9.27. The molecular weight excluding hydrogens is 402 g/mol. The number of likely N-dealkylation sites (N-methyl/N-ethyl adjacent to an activating group) is 1. The Hall–Kier alpha value is -2.86. The Morgan fingerprint density at radius 3 is 2.50 bits per heavy atom. The third-order valence-corrected chi connectivity index (χ3v) is 7.12. The van der Waals surface area contributed by atoms with Crippen molar-refractivity contribution in [1.82, 2.24) is 15.1 Å². The zero-order chi connectivity index (χ0) is 22.9. The predicted molar refractivity (Wildman–Crippen MR) is 125 cm³/mol. The molecule has 170 valence electrons. The van der Waals surface area contributed by atoms with Gasteiger partial charge in [-0.2, -0.15) is 0 Å². The molecule has 0 aromatic heterocycles. The van der Waals surface area contributed by atoms with E-state index in [4.69, 9.17) is 4.74 Å². The molecule has 2 aromatic rings. The first-order valence-corrected chi connectivity index (χ1v) is 11.3. The predicted octanol–water partition coefficient (Wildman–Crippen LogP) is 3.69. The molecular formula is C26H33N3O3. The van der Waals surface area contributed by atoms with E-state index in [0.29, 0.717) is 6.42 Å². The van der Waals surface area contributed by atoms with Gasteiger partial charge >= 0.3 is 6.03 Å². The maximum absolute atomic E-state index is 13.3. The third-order valence-electron chi connectivity index (χ3n) is 7.12. The molecule has 0 bridgehead atoms. The van der Waals surface area contributed by atoms with Gasteiger partial charge in [0.25, 0.3) is 5.91 Å². The van der Waals surface area contributed by atoms with Gasteiger partial charge in [-0.15, -0.1) is 0 Å². The first kappa shape index (κ1) is 22.3. The molecule has 32 heavy (non-hydrogen) atoms. The van der Waals surface area contributed by atoms with Crippen LogP contribution in [0.2, 0.25) is 0 Å². The van der Waals surface area contributed by atoms with Crippen LogP contribution < -0.4 is 10.1 Å². The van der Waals surface area contributed by atoms with Gasteiger partial charge in [0.1, 0.15) is 11.3 Å². The van der Waals surface area contributed by atoms with Crippen molar-refractivity contribution in [2.45, 2.75) is 45.2 Å². The second kappa shape index (κ2) is 8.94. The average Bonchev–Trinajstić information content (AvgIpc) is 3.01. The summed E-state index contributed by atoms with van der Waals surface area (Å²) in [5.74, 6) is 0.717. The van der Waals surface area contributed by atoms with Gasteiger partial charge in [-0.3, -0.25) is 14.6 Å². The number of rotatable bonds is 6. The minimum atomic E-state index is -0.899. The van der Waals surface area contributed by atoms with E-state index < -0.39 is 5.54 Å².